The molecule has 5 aromatic rings. The number of esters is 1. The molecule has 20 nitrogen and oxygen atoms in total. The normalized spacial score (nSPS) is 17.1. The molecule has 394 valence electrons. The van der Waals surface area contributed by atoms with Gasteiger partial charge in [-0.25, -0.2) is 33.0 Å². The number of rotatable bonds is 16. The summed E-state index contributed by atoms with van der Waals surface area (Å²) >= 11 is 6.80. The minimum Gasteiger partial charge on any atom is -0.465 e. The summed E-state index contributed by atoms with van der Waals surface area (Å²) in [6.45, 7) is 8.61. The van der Waals surface area contributed by atoms with Gasteiger partial charge in [-0.3, -0.25) is 24.1 Å². The highest BCUT2D eigenvalue weighted by atomic mass is 35.5. The molecule has 22 heteroatoms. The Kier molecular flexibility index (Phi) is 15.5. The number of anilines is 1. The molecule has 0 fully saturated rings. The lowest BCUT2D eigenvalue weighted by atomic mass is 9.81. The first-order valence-corrected chi connectivity index (χ1v) is 26.8. The van der Waals surface area contributed by atoms with E-state index >= 15 is 0 Å². The van der Waals surface area contributed by atoms with Crippen LogP contribution in [-0.4, -0.2) is 98.2 Å². The van der Waals surface area contributed by atoms with E-state index in [0.717, 1.165) is 22.8 Å². The average Bonchev–Trinajstić information content (AvgIpc) is 3.74. The van der Waals surface area contributed by atoms with Crippen LogP contribution in [0.1, 0.15) is 116 Å². The SMILES string of the molecule is CC[C@@]1(O)C(=O)OCc2c1cc1n(c2=O)Cc2c-1nc1cc(Cl)c(C)c3c1c2[C@@H](N(Cc1ccc(NC(=O)[C@H](C)NC(=O)[C@@H](NC(=O)CCCC#Cc2cnc(S(C)(=O)=O)nc2)C(C)C)cc1CNC)C(=O)O)CC3. The number of ether oxygens (including phenoxy) is 1. The Morgan fingerprint density at radius 3 is 2.43 bits per heavy atom. The number of halogens is 1. The maximum atomic E-state index is 14.2. The van der Waals surface area contributed by atoms with Crippen molar-refractivity contribution >= 4 is 67.8 Å². The standard InChI is InChI=1S/C53H58ClN9O11S/c1-8-53(71)37-19-41-46-35(25-62(41)49(67)36(37)26-74-50(53)68)44-40(17-16-34-28(4)38(54)20-39(60-46)43(34)44)63(52(69)70)24-31-14-15-33(18-32(31)23-55-6)59-47(65)29(5)58-48(66)45(27(2)3)61-42(64)13-11-9-10-12-30-21-56-51(57-22-30)75(7,72)73/h14-15,18-22,27,29,40,45,55,71H,8-9,11,13,16-17,23-26H2,1-7H3,(H,58,66)(H,59,65)(H,61,64)(H,69,70)/t29-,40-,45-,53-/m0/s1. The summed E-state index contributed by atoms with van der Waals surface area (Å²) in [6, 6.07) is 5.83. The third kappa shape index (κ3) is 10.7. The van der Waals surface area contributed by atoms with Crippen LogP contribution in [0.15, 0.2) is 52.7 Å². The molecule has 1 aliphatic carbocycles. The number of unbranched alkanes of at least 4 members (excludes halogenated alkanes) is 1. The van der Waals surface area contributed by atoms with E-state index in [0.29, 0.717) is 87.7 Å². The van der Waals surface area contributed by atoms with Crippen LogP contribution >= 0.6 is 11.6 Å². The summed E-state index contributed by atoms with van der Waals surface area (Å²) < 4.78 is 30.0. The lowest BCUT2D eigenvalue weighted by Crippen LogP contribution is -2.53. The number of carbonyl (C=O) groups excluding carboxylic acids is 4. The summed E-state index contributed by atoms with van der Waals surface area (Å²) in [5.41, 5.74) is 4.46. The van der Waals surface area contributed by atoms with E-state index in [4.69, 9.17) is 21.3 Å². The van der Waals surface area contributed by atoms with Crippen molar-refractivity contribution in [3.63, 3.8) is 0 Å². The summed E-state index contributed by atoms with van der Waals surface area (Å²) in [4.78, 5) is 94.7. The minimum absolute atomic E-state index is 0.0306. The first-order chi connectivity index (χ1) is 35.6. The number of cyclic esters (lactones) is 1. The van der Waals surface area contributed by atoms with Gasteiger partial charge >= 0.3 is 12.1 Å². The van der Waals surface area contributed by atoms with Crippen molar-refractivity contribution in [2.45, 2.75) is 128 Å². The molecule has 0 radical (unpaired) electrons. The summed E-state index contributed by atoms with van der Waals surface area (Å²) in [7, 11) is -1.80. The van der Waals surface area contributed by atoms with Crippen molar-refractivity contribution in [2.24, 2.45) is 5.92 Å². The third-order valence-electron chi connectivity index (χ3n) is 14.1. The van der Waals surface area contributed by atoms with Crippen LogP contribution in [0.3, 0.4) is 0 Å². The number of aryl methyl sites for hydroxylation is 1. The Balaban J connectivity index is 0.977. The lowest BCUT2D eigenvalue weighted by Gasteiger charge is -2.36. The van der Waals surface area contributed by atoms with Gasteiger partial charge in [0.1, 0.15) is 18.7 Å². The fourth-order valence-electron chi connectivity index (χ4n) is 10.0. The number of nitrogens with zero attached hydrogens (tertiary/aromatic N) is 5. The molecule has 75 heavy (non-hydrogen) atoms. The van der Waals surface area contributed by atoms with Crippen molar-refractivity contribution in [1.82, 2.24) is 40.4 Å². The van der Waals surface area contributed by atoms with Gasteiger partial charge in [-0.05, 0) is 105 Å². The molecule has 6 N–H and O–H groups in total. The zero-order valence-corrected chi connectivity index (χ0v) is 44.1. The highest BCUT2D eigenvalue weighted by molar-refractivity contribution is 7.90. The first-order valence-electron chi connectivity index (χ1n) is 24.5. The minimum atomic E-state index is -3.54. The highest BCUT2D eigenvalue weighted by Gasteiger charge is 2.46. The molecule has 4 atom stereocenters. The van der Waals surface area contributed by atoms with Crippen LogP contribution in [-0.2, 0) is 72.0 Å². The van der Waals surface area contributed by atoms with Gasteiger partial charge in [0, 0.05) is 71.8 Å². The Labute approximate surface area is 437 Å². The zero-order valence-electron chi connectivity index (χ0n) is 42.5. The molecule has 2 aliphatic heterocycles. The number of nitrogens with one attached hydrogen (secondary N) is 4. The van der Waals surface area contributed by atoms with Crippen LogP contribution in [0.25, 0.3) is 22.3 Å². The molecule has 2 aromatic carbocycles. The quantitative estimate of drug-likeness (QED) is 0.0325. The predicted molar refractivity (Wildman–Crippen MR) is 277 cm³/mol. The molecule has 0 saturated heterocycles. The van der Waals surface area contributed by atoms with E-state index in [9.17, 15) is 47.4 Å². The van der Waals surface area contributed by atoms with Crippen molar-refractivity contribution in [2.75, 3.05) is 18.6 Å². The average molecular weight is 1060 g/mol. The lowest BCUT2D eigenvalue weighted by molar-refractivity contribution is -0.172. The van der Waals surface area contributed by atoms with Crippen LogP contribution in [0.5, 0.6) is 0 Å². The number of fused-ring (bicyclic) bond motifs is 5. The van der Waals surface area contributed by atoms with Gasteiger partial charge in [-0.2, -0.15) is 0 Å². The fraction of sp³-hybridized carbons (Fsp3) is 0.415. The number of carboxylic acid groups (broad SMARTS) is 1. The zero-order chi connectivity index (χ0) is 54.3. The molecule has 4 amide bonds. The third-order valence-corrected chi connectivity index (χ3v) is 15.3. The van der Waals surface area contributed by atoms with Crippen molar-refractivity contribution in [3.8, 4) is 23.2 Å². The Bertz CT molecular complexity index is 3430. The number of hydrogen-bond acceptors (Lipinski definition) is 14. The number of pyridine rings is 2. The molecular formula is C53H58ClN9O11S. The molecule has 0 bridgehead atoms. The number of aromatic nitrogens is 4. The maximum absolute atomic E-state index is 14.2. The van der Waals surface area contributed by atoms with Gasteiger partial charge in [0.05, 0.1) is 40.6 Å². The fourth-order valence-corrected chi connectivity index (χ4v) is 10.7. The predicted octanol–water partition coefficient (Wildman–Crippen LogP) is 4.93. The van der Waals surface area contributed by atoms with Crippen LogP contribution in [0.4, 0.5) is 10.5 Å². The van der Waals surface area contributed by atoms with E-state index < -0.39 is 63.0 Å². The maximum Gasteiger partial charge on any atom is 0.408 e. The number of carbonyl (C=O) groups is 5. The Morgan fingerprint density at radius 2 is 1.76 bits per heavy atom. The largest absolute Gasteiger partial charge is 0.465 e. The molecule has 3 aromatic heterocycles. The Morgan fingerprint density at radius 1 is 1.03 bits per heavy atom. The number of amides is 4. The highest BCUT2D eigenvalue weighted by Crippen LogP contribution is 2.48. The molecular weight excluding hydrogens is 1010 g/mol. The second-order valence-electron chi connectivity index (χ2n) is 19.5. The second kappa shape index (κ2) is 21.5. The summed E-state index contributed by atoms with van der Waals surface area (Å²) in [5.74, 6) is 3.10. The van der Waals surface area contributed by atoms with E-state index in [1.165, 1.54) is 28.8 Å². The van der Waals surface area contributed by atoms with Crippen LogP contribution < -0.4 is 26.8 Å². The van der Waals surface area contributed by atoms with Gasteiger partial charge in [0.15, 0.2) is 5.60 Å². The van der Waals surface area contributed by atoms with Crippen LogP contribution in [0, 0.1) is 24.7 Å². The topological polar surface area (TPSA) is 281 Å². The number of hydrogen-bond donors (Lipinski definition) is 6. The second-order valence-corrected chi connectivity index (χ2v) is 21.8. The molecule has 5 heterocycles. The van der Waals surface area contributed by atoms with Gasteiger partial charge in [-0.1, -0.05) is 50.3 Å². The van der Waals surface area contributed by atoms with Crippen LogP contribution in [0.2, 0.25) is 5.02 Å². The van der Waals surface area contributed by atoms with Crippen molar-refractivity contribution in [1.29, 1.82) is 0 Å². The van der Waals surface area contributed by atoms with Crippen molar-refractivity contribution < 1.29 is 47.3 Å². The number of aliphatic hydroxyl groups is 1. The van der Waals surface area contributed by atoms with Gasteiger partial charge in [-0.15, -0.1) is 0 Å². The van der Waals surface area contributed by atoms with E-state index in [-0.39, 0.29) is 60.6 Å². The summed E-state index contributed by atoms with van der Waals surface area (Å²) in [5, 5.41) is 35.0. The Hall–Kier alpha value is -7.25. The van der Waals surface area contributed by atoms with E-state index in [1.807, 2.05) is 6.92 Å². The first kappa shape index (κ1) is 54.0. The summed E-state index contributed by atoms with van der Waals surface area (Å²) in [6.07, 6.45) is 4.07. The van der Waals surface area contributed by atoms with Crippen molar-refractivity contribution in [3.05, 3.63) is 108 Å². The molecule has 0 unspecified atom stereocenters. The van der Waals surface area contributed by atoms with Gasteiger partial charge in [0.25, 0.3) is 5.56 Å². The molecule has 8 rings (SSSR count). The van der Waals surface area contributed by atoms with Gasteiger partial charge in [0.2, 0.25) is 32.7 Å². The number of benzene rings is 2. The molecule has 3 aliphatic rings. The number of sulfone groups is 1. The van der Waals surface area contributed by atoms with E-state index in [1.54, 1.807) is 58.2 Å². The smallest absolute Gasteiger partial charge is 0.408 e. The van der Waals surface area contributed by atoms with E-state index in [2.05, 4.69) is 43.1 Å². The molecule has 0 spiro atoms. The monoisotopic (exact) mass is 1060 g/mol. The molecule has 0 saturated carbocycles. The van der Waals surface area contributed by atoms with Gasteiger partial charge < -0.3 is 40.8 Å².